The zero-order chi connectivity index (χ0) is 27.2. The molecule has 1 amide bonds. The van der Waals surface area contributed by atoms with E-state index in [1.807, 2.05) is 25.5 Å². The van der Waals surface area contributed by atoms with Crippen LogP contribution in [0.4, 0.5) is 17.6 Å². The molecule has 1 unspecified atom stereocenters. The predicted molar refractivity (Wildman–Crippen MR) is 134 cm³/mol. The largest absolute Gasteiger partial charge is 0.461 e. The van der Waals surface area contributed by atoms with E-state index in [9.17, 15) is 31.5 Å². The summed E-state index contributed by atoms with van der Waals surface area (Å²) in [6.45, 7) is 5.83. The quantitative estimate of drug-likeness (QED) is 0.376. The Labute approximate surface area is 214 Å². The molecule has 2 aliphatic rings. The maximum Gasteiger partial charge on any atom is 0.461 e. The third-order valence-electron chi connectivity index (χ3n) is 7.16. The second-order valence-corrected chi connectivity index (χ2v) is 12.9. The van der Waals surface area contributed by atoms with E-state index < -0.39 is 28.7 Å². The maximum atomic E-state index is 13.4. The molecule has 2 heterocycles. The highest BCUT2D eigenvalue weighted by Gasteiger charge is 2.44. The molecule has 2 aromatic rings. The number of nitrogens with zero attached hydrogens (tertiary/aromatic N) is 2. The van der Waals surface area contributed by atoms with Gasteiger partial charge in [0.05, 0.1) is 5.69 Å². The van der Waals surface area contributed by atoms with Crippen molar-refractivity contribution in [2.24, 2.45) is 5.92 Å². The van der Waals surface area contributed by atoms with Crippen LogP contribution in [-0.2, 0) is 17.6 Å². The molecule has 206 valence electrons. The van der Waals surface area contributed by atoms with Gasteiger partial charge in [0.1, 0.15) is 5.75 Å². The number of ether oxygens (including phenoxy) is 1. The van der Waals surface area contributed by atoms with E-state index in [1.165, 1.54) is 18.2 Å². The van der Waals surface area contributed by atoms with Gasteiger partial charge in [-0.2, -0.15) is 33.3 Å². The number of benzene rings is 1. The molecule has 0 bridgehead atoms. The number of aromatic nitrogens is 2. The van der Waals surface area contributed by atoms with E-state index in [0.717, 1.165) is 11.3 Å². The lowest BCUT2D eigenvalue weighted by molar-refractivity contribution is -0.253. The number of carbonyl (C=O) groups excluding carboxylic acids is 1. The molecule has 37 heavy (non-hydrogen) atoms. The minimum Gasteiger partial charge on any atom is -0.428 e. The molecule has 1 aromatic heterocycles. The Balaban J connectivity index is 1.56. The number of amides is 1. The van der Waals surface area contributed by atoms with Gasteiger partial charge in [0.25, 0.3) is 0 Å². The first kappa shape index (κ1) is 27.7. The zero-order valence-corrected chi connectivity index (χ0v) is 21.8. The molecule has 1 saturated heterocycles. The van der Waals surface area contributed by atoms with Gasteiger partial charge in [-0.1, -0.05) is 12.1 Å². The summed E-state index contributed by atoms with van der Waals surface area (Å²) >= 11 is 0. The number of rotatable bonds is 7. The van der Waals surface area contributed by atoms with Crippen molar-refractivity contribution in [1.29, 1.82) is 0 Å². The molecule has 0 saturated carbocycles. The number of nitrogens with one attached hydrogen (secondary N) is 1. The van der Waals surface area contributed by atoms with Gasteiger partial charge < -0.3 is 10.1 Å². The van der Waals surface area contributed by atoms with Gasteiger partial charge in [0.15, 0.2) is 0 Å². The third kappa shape index (κ3) is 6.06. The Hall–Kier alpha value is -2.31. The van der Waals surface area contributed by atoms with Crippen LogP contribution < -0.4 is 10.1 Å². The first-order valence-corrected chi connectivity index (χ1v) is 14.2. The molecular formula is C25H33F4N3O4S. The zero-order valence-electron chi connectivity index (χ0n) is 21.0. The summed E-state index contributed by atoms with van der Waals surface area (Å²) in [4.78, 5) is 13.2. The van der Waals surface area contributed by atoms with Crippen molar-refractivity contribution in [3.8, 4) is 17.0 Å². The minimum absolute atomic E-state index is 0.0343. The molecule has 1 aliphatic carbocycles. The number of hydrogen-bond donors (Lipinski definition) is 3. The predicted octanol–water partition coefficient (Wildman–Crippen LogP) is 5.89. The van der Waals surface area contributed by atoms with Crippen LogP contribution in [0, 0.1) is 5.92 Å². The van der Waals surface area contributed by atoms with Crippen molar-refractivity contribution in [1.82, 2.24) is 15.1 Å². The van der Waals surface area contributed by atoms with Crippen LogP contribution in [0.5, 0.6) is 5.75 Å². The van der Waals surface area contributed by atoms with E-state index in [0.29, 0.717) is 43.4 Å². The molecule has 1 aromatic carbocycles. The van der Waals surface area contributed by atoms with E-state index >= 15 is 0 Å². The van der Waals surface area contributed by atoms with Gasteiger partial charge in [0, 0.05) is 52.2 Å². The first-order valence-electron chi connectivity index (χ1n) is 12.3. The van der Waals surface area contributed by atoms with Crippen LogP contribution in [0.15, 0.2) is 24.3 Å². The Morgan fingerprint density at radius 3 is 2.57 bits per heavy atom. The van der Waals surface area contributed by atoms with Crippen molar-refractivity contribution < 1.29 is 36.2 Å². The number of fused-ring (bicyclic) bond motifs is 1. The summed E-state index contributed by atoms with van der Waals surface area (Å²) in [5.41, 5.74) is 2.30. The molecular weight excluding hydrogens is 514 g/mol. The van der Waals surface area contributed by atoms with Gasteiger partial charge in [0.2, 0.25) is 5.91 Å². The summed E-state index contributed by atoms with van der Waals surface area (Å²) in [6, 6.07) is 5.54. The highest BCUT2D eigenvalue weighted by atomic mass is 32.3. The minimum atomic E-state index is -4.61. The van der Waals surface area contributed by atoms with Crippen molar-refractivity contribution in [2.75, 3.05) is 11.5 Å². The molecule has 1 atom stereocenters. The van der Waals surface area contributed by atoms with Crippen LogP contribution in [0.1, 0.15) is 57.3 Å². The van der Waals surface area contributed by atoms with Crippen molar-refractivity contribution in [3.05, 3.63) is 35.5 Å². The van der Waals surface area contributed by atoms with Crippen molar-refractivity contribution in [2.45, 2.75) is 77.0 Å². The smallest absolute Gasteiger partial charge is 0.428 e. The summed E-state index contributed by atoms with van der Waals surface area (Å²) in [7, 11) is -2.56. The summed E-state index contributed by atoms with van der Waals surface area (Å²) in [6.07, 6.45) is -6.05. The molecule has 4 rings (SSSR count). The van der Waals surface area contributed by atoms with E-state index in [-0.39, 0.29) is 35.1 Å². The fourth-order valence-electron chi connectivity index (χ4n) is 4.96. The molecule has 12 heteroatoms. The number of halogens is 4. The standard InChI is InChI=1S/C25H33F4N3O4S/c1-15(2)32-20-14-17(22(33)30-24(3)9-11-37(34,35)12-10-24)7-8-19(20)21(31-32)16-5-4-6-18(13-16)36-25(28,29)23(26)27/h4-6,13,15,17,23,34-35H,7-12,14H2,1-3H3,(H,30,33). The second-order valence-electron chi connectivity index (χ2n) is 10.5. The van der Waals surface area contributed by atoms with Crippen LogP contribution >= 0.6 is 10.6 Å². The Kier molecular flexibility index (Phi) is 7.57. The lowest BCUT2D eigenvalue weighted by Gasteiger charge is -2.45. The lowest BCUT2D eigenvalue weighted by atomic mass is 9.84. The van der Waals surface area contributed by atoms with Crippen LogP contribution in [0.2, 0.25) is 0 Å². The number of hydrogen-bond acceptors (Lipinski definition) is 5. The maximum absolute atomic E-state index is 13.4. The molecule has 7 nitrogen and oxygen atoms in total. The summed E-state index contributed by atoms with van der Waals surface area (Å²) < 4.78 is 78.0. The van der Waals surface area contributed by atoms with E-state index in [4.69, 9.17) is 5.10 Å². The first-order chi connectivity index (χ1) is 17.2. The number of carbonyl (C=O) groups is 1. The van der Waals surface area contributed by atoms with Crippen LogP contribution in [0.3, 0.4) is 0 Å². The average molecular weight is 548 g/mol. The molecule has 3 N–H and O–H groups in total. The van der Waals surface area contributed by atoms with Gasteiger partial charge in [-0.05, 0) is 58.6 Å². The normalized spacial score (nSPS) is 22.0. The van der Waals surface area contributed by atoms with E-state index in [1.54, 1.807) is 6.07 Å². The van der Waals surface area contributed by atoms with Gasteiger partial charge in [-0.25, -0.2) is 0 Å². The molecule has 1 aliphatic heterocycles. The Bertz CT molecular complexity index is 1140. The third-order valence-corrected chi connectivity index (χ3v) is 8.88. The number of alkyl halides is 4. The molecule has 0 spiro atoms. The van der Waals surface area contributed by atoms with Crippen LogP contribution in [-0.4, -0.2) is 54.4 Å². The average Bonchev–Trinajstić information content (AvgIpc) is 3.20. The topological polar surface area (TPSA) is 96.6 Å². The highest BCUT2D eigenvalue weighted by Crippen LogP contribution is 2.47. The summed E-state index contributed by atoms with van der Waals surface area (Å²) in [5, 5.41) is 7.85. The van der Waals surface area contributed by atoms with Gasteiger partial charge in [-0.15, -0.1) is 0 Å². The van der Waals surface area contributed by atoms with Crippen molar-refractivity contribution >= 4 is 16.5 Å². The Morgan fingerprint density at radius 1 is 1.27 bits per heavy atom. The monoisotopic (exact) mass is 547 g/mol. The fraction of sp³-hybridized carbons (Fsp3) is 0.600. The SMILES string of the molecule is CC(C)n1nc(-c2cccc(OC(F)(F)C(F)F)c2)c2c1CC(C(=O)NC1(C)CCS(O)(O)CC1)CC2. The molecule has 1 fully saturated rings. The Morgan fingerprint density at radius 2 is 1.95 bits per heavy atom. The van der Waals surface area contributed by atoms with Gasteiger partial charge >= 0.3 is 12.5 Å². The summed E-state index contributed by atoms with van der Waals surface area (Å²) in [5.74, 6) is -0.231. The molecule has 0 radical (unpaired) electrons. The van der Waals surface area contributed by atoms with Crippen molar-refractivity contribution in [3.63, 3.8) is 0 Å². The highest BCUT2D eigenvalue weighted by molar-refractivity contribution is 8.24. The van der Waals surface area contributed by atoms with Gasteiger partial charge in [-0.3, -0.25) is 18.6 Å². The second kappa shape index (κ2) is 10.1. The van der Waals surface area contributed by atoms with Crippen LogP contribution in [0.25, 0.3) is 11.3 Å². The van der Waals surface area contributed by atoms with E-state index in [2.05, 4.69) is 10.1 Å². The lowest BCUT2D eigenvalue weighted by Crippen LogP contribution is -2.52. The fourth-order valence-corrected chi connectivity index (χ4v) is 6.72.